The van der Waals surface area contributed by atoms with Crippen molar-refractivity contribution in [1.29, 1.82) is 0 Å². The fourth-order valence-corrected chi connectivity index (χ4v) is 2.54. The van der Waals surface area contributed by atoms with Crippen molar-refractivity contribution in [2.45, 2.75) is 19.0 Å². The summed E-state index contributed by atoms with van der Waals surface area (Å²) in [6.07, 6.45) is 1.84. The van der Waals surface area contributed by atoms with Gasteiger partial charge in [-0.3, -0.25) is 19.3 Å². The molecule has 1 aliphatic rings. The molecule has 3 rings (SSSR count). The van der Waals surface area contributed by atoms with Crippen LogP contribution < -0.4 is 16.1 Å². The number of nitrogens with zero attached hydrogens (tertiary/aromatic N) is 4. The number of nitrogens with one attached hydrogen (secondary N) is 1. The van der Waals surface area contributed by atoms with Gasteiger partial charge in [0.15, 0.2) is 0 Å². The summed E-state index contributed by atoms with van der Waals surface area (Å²) in [5.41, 5.74) is 7.33. The molecule has 0 bridgehead atoms. The van der Waals surface area contributed by atoms with Gasteiger partial charge < -0.3 is 11.1 Å². The largest absolute Gasteiger partial charge is 0.368 e. The molecule has 3 N–H and O–H groups in total. The fourth-order valence-electron chi connectivity index (χ4n) is 2.54. The van der Waals surface area contributed by atoms with Gasteiger partial charge in [-0.15, -0.1) is 0 Å². The van der Waals surface area contributed by atoms with Crippen LogP contribution >= 0.6 is 0 Å². The monoisotopic (exact) mass is 326 g/mol. The lowest BCUT2D eigenvalue weighted by atomic mass is 10.1. The van der Waals surface area contributed by atoms with Crippen molar-refractivity contribution in [3.8, 4) is 0 Å². The Hall–Kier alpha value is -3.16. The van der Waals surface area contributed by atoms with Crippen molar-refractivity contribution in [3.63, 3.8) is 0 Å². The number of hydrogen-bond acceptors (Lipinski definition) is 5. The van der Waals surface area contributed by atoms with Crippen molar-refractivity contribution in [1.82, 2.24) is 15.1 Å². The Bertz CT molecular complexity index is 783. The van der Waals surface area contributed by atoms with E-state index in [1.54, 1.807) is 17.9 Å². The molecule has 0 spiro atoms. The molecule has 24 heavy (non-hydrogen) atoms. The number of carbonyl (C=O) groups excluding carboxylic acids is 2. The van der Waals surface area contributed by atoms with Crippen molar-refractivity contribution >= 4 is 23.2 Å². The first-order chi connectivity index (χ1) is 11.6. The molecule has 0 aliphatic carbocycles. The summed E-state index contributed by atoms with van der Waals surface area (Å²) in [6.45, 7) is 0.334. The van der Waals surface area contributed by atoms with Gasteiger partial charge >= 0.3 is 0 Å². The SMILES string of the molecule is Cn1nccc1CNC(=O)C1=NN(c2ccccc2)C(C(N)=O)C1. The van der Waals surface area contributed by atoms with Crippen LogP contribution in [0.2, 0.25) is 0 Å². The molecular weight excluding hydrogens is 308 g/mol. The highest BCUT2D eigenvalue weighted by molar-refractivity contribution is 6.40. The third kappa shape index (κ3) is 3.12. The number of carbonyl (C=O) groups is 2. The first-order valence-electron chi connectivity index (χ1n) is 7.52. The number of benzene rings is 1. The number of primary amides is 1. The van der Waals surface area contributed by atoms with Gasteiger partial charge in [-0.25, -0.2) is 0 Å². The lowest BCUT2D eigenvalue weighted by Crippen LogP contribution is -2.39. The van der Waals surface area contributed by atoms with Crippen molar-refractivity contribution in [2.75, 3.05) is 5.01 Å². The summed E-state index contributed by atoms with van der Waals surface area (Å²) in [5.74, 6) is -0.835. The third-order valence-corrected chi connectivity index (χ3v) is 3.87. The Kier molecular flexibility index (Phi) is 4.28. The van der Waals surface area contributed by atoms with E-state index >= 15 is 0 Å². The van der Waals surface area contributed by atoms with E-state index in [9.17, 15) is 9.59 Å². The van der Waals surface area contributed by atoms with E-state index in [1.807, 2.05) is 36.4 Å². The zero-order valence-corrected chi connectivity index (χ0v) is 13.2. The summed E-state index contributed by atoms with van der Waals surface area (Å²) < 4.78 is 1.68. The minimum atomic E-state index is -0.662. The van der Waals surface area contributed by atoms with E-state index in [4.69, 9.17) is 5.73 Å². The van der Waals surface area contributed by atoms with Gasteiger partial charge in [-0.1, -0.05) is 18.2 Å². The van der Waals surface area contributed by atoms with Crippen LogP contribution in [0.15, 0.2) is 47.7 Å². The molecule has 8 nitrogen and oxygen atoms in total. The molecule has 124 valence electrons. The average Bonchev–Trinajstić information content (AvgIpc) is 3.20. The van der Waals surface area contributed by atoms with E-state index in [2.05, 4.69) is 15.5 Å². The number of hydrazone groups is 1. The lowest BCUT2D eigenvalue weighted by molar-refractivity contribution is -0.119. The van der Waals surface area contributed by atoms with Crippen molar-refractivity contribution < 1.29 is 9.59 Å². The molecule has 2 heterocycles. The van der Waals surface area contributed by atoms with E-state index in [-0.39, 0.29) is 18.0 Å². The predicted octanol–water partition coefficient (Wildman–Crippen LogP) is 0.156. The number of rotatable bonds is 5. The van der Waals surface area contributed by atoms with Crippen LogP contribution in [0.4, 0.5) is 5.69 Å². The summed E-state index contributed by atoms with van der Waals surface area (Å²) in [6, 6.07) is 10.3. The molecule has 0 saturated carbocycles. The van der Waals surface area contributed by atoms with Crippen LogP contribution in [0.3, 0.4) is 0 Å². The summed E-state index contributed by atoms with van der Waals surface area (Å²) in [4.78, 5) is 24.1. The Morgan fingerprint density at radius 1 is 1.29 bits per heavy atom. The molecule has 0 radical (unpaired) electrons. The molecule has 1 aromatic heterocycles. The van der Waals surface area contributed by atoms with Crippen LogP contribution in [-0.4, -0.2) is 33.3 Å². The highest BCUT2D eigenvalue weighted by atomic mass is 16.2. The maximum Gasteiger partial charge on any atom is 0.267 e. The number of nitrogens with two attached hydrogens (primary N) is 1. The number of anilines is 1. The van der Waals surface area contributed by atoms with Crippen LogP contribution in [0, 0.1) is 0 Å². The fraction of sp³-hybridized carbons (Fsp3) is 0.250. The Balaban J connectivity index is 1.74. The Morgan fingerprint density at radius 3 is 2.67 bits per heavy atom. The van der Waals surface area contributed by atoms with Gasteiger partial charge in [0.2, 0.25) is 5.91 Å². The van der Waals surface area contributed by atoms with E-state index in [1.165, 1.54) is 5.01 Å². The second kappa shape index (κ2) is 6.53. The van der Waals surface area contributed by atoms with Gasteiger partial charge in [0, 0.05) is 19.7 Å². The molecule has 2 aromatic rings. The van der Waals surface area contributed by atoms with Gasteiger partial charge in [0.05, 0.1) is 17.9 Å². The zero-order valence-electron chi connectivity index (χ0n) is 13.2. The quantitative estimate of drug-likeness (QED) is 0.816. The second-order valence-electron chi connectivity index (χ2n) is 5.48. The number of aryl methyl sites for hydroxylation is 1. The summed E-state index contributed by atoms with van der Waals surface area (Å²) in [7, 11) is 1.80. The summed E-state index contributed by atoms with van der Waals surface area (Å²) >= 11 is 0. The zero-order chi connectivity index (χ0) is 17.1. The molecule has 2 amide bonds. The molecule has 1 aliphatic heterocycles. The molecule has 0 saturated heterocycles. The highest BCUT2D eigenvalue weighted by Gasteiger charge is 2.34. The molecule has 0 fully saturated rings. The van der Waals surface area contributed by atoms with Crippen molar-refractivity contribution in [2.24, 2.45) is 17.9 Å². The van der Waals surface area contributed by atoms with E-state index in [0.717, 1.165) is 11.4 Å². The minimum Gasteiger partial charge on any atom is -0.368 e. The topological polar surface area (TPSA) is 106 Å². The predicted molar refractivity (Wildman–Crippen MR) is 89.0 cm³/mol. The Labute approximate surface area is 138 Å². The normalized spacial score (nSPS) is 16.8. The maximum atomic E-state index is 12.3. The second-order valence-corrected chi connectivity index (χ2v) is 5.48. The first-order valence-corrected chi connectivity index (χ1v) is 7.52. The van der Waals surface area contributed by atoms with Crippen LogP contribution in [0.5, 0.6) is 0 Å². The number of aromatic nitrogens is 2. The number of para-hydroxylation sites is 1. The van der Waals surface area contributed by atoms with E-state index < -0.39 is 11.9 Å². The van der Waals surface area contributed by atoms with Gasteiger partial charge in [-0.2, -0.15) is 10.2 Å². The minimum absolute atomic E-state index is 0.182. The lowest BCUT2D eigenvalue weighted by Gasteiger charge is -2.20. The number of hydrogen-bond donors (Lipinski definition) is 2. The number of amides is 2. The molecule has 1 unspecified atom stereocenters. The smallest absolute Gasteiger partial charge is 0.267 e. The van der Waals surface area contributed by atoms with Crippen LogP contribution in [0.25, 0.3) is 0 Å². The standard InChI is InChI=1S/C16H18N6O2/c1-21-12(7-8-19-21)10-18-16(24)13-9-14(15(17)23)22(20-13)11-5-3-2-4-6-11/h2-8,14H,9-10H2,1H3,(H2,17,23)(H,18,24). The van der Waals surface area contributed by atoms with Crippen molar-refractivity contribution in [3.05, 3.63) is 48.3 Å². The third-order valence-electron chi connectivity index (χ3n) is 3.87. The van der Waals surface area contributed by atoms with Crippen LogP contribution in [-0.2, 0) is 23.2 Å². The summed E-state index contributed by atoms with van der Waals surface area (Å²) in [5, 5.41) is 12.6. The van der Waals surface area contributed by atoms with E-state index in [0.29, 0.717) is 6.54 Å². The molecule has 1 aromatic carbocycles. The highest BCUT2D eigenvalue weighted by Crippen LogP contribution is 2.24. The van der Waals surface area contributed by atoms with Gasteiger partial charge in [0.1, 0.15) is 11.8 Å². The van der Waals surface area contributed by atoms with Crippen LogP contribution in [0.1, 0.15) is 12.1 Å². The first kappa shape index (κ1) is 15.7. The average molecular weight is 326 g/mol. The molecular formula is C16H18N6O2. The van der Waals surface area contributed by atoms with Gasteiger partial charge in [-0.05, 0) is 18.2 Å². The molecule has 8 heteroatoms. The maximum absolute atomic E-state index is 12.3. The Morgan fingerprint density at radius 2 is 2.04 bits per heavy atom. The molecule has 1 atom stereocenters. The van der Waals surface area contributed by atoms with Gasteiger partial charge in [0.25, 0.3) is 5.91 Å².